The normalized spacial score (nSPS) is 14.9. The number of nitrogen functional groups attached to an aromatic ring is 1. The van der Waals surface area contributed by atoms with Crippen LogP contribution in [0.2, 0.25) is 0 Å². The van der Waals surface area contributed by atoms with Crippen LogP contribution in [-0.4, -0.2) is 16.8 Å². The third-order valence-corrected chi connectivity index (χ3v) is 2.88. The summed E-state index contributed by atoms with van der Waals surface area (Å²) < 4.78 is 0. The maximum absolute atomic E-state index is 12.1. The minimum atomic E-state index is 0.137. The summed E-state index contributed by atoms with van der Waals surface area (Å²) in [6.45, 7) is 6.69. The molecule has 1 aliphatic heterocycles. The molecule has 0 saturated heterocycles. The number of benzene rings is 1. The van der Waals surface area contributed by atoms with Gasteiger partial charge in [-0.15, -0.1) is 0 Å². The molecule has 0 bridgehead atoms. The summed E-state index contributed by atoms with van der Waals surface area (Å²) in [4.78, 5) is 13.9. The van der Waals surface area contributed by atoms with Gasteiger partial charge in [0, 0.05) is 23.8 Å². The van der Waals surface area contributed by atoms with Crippen LogP contribution in [0.3, 0.4) is 0 Å². The molecule has 0 unspecified atom stereocenters. The number of anilines is 1. The van der Waals surface area contributed by atoms with E-state index in [1.807, 2.05) is 37.8 Å². The largest absolute Gasteiger partial charge is 0.399 e. The number of carbonyl (C=O) groups excluding carboxylic acids is 1. The van der Waals surface area contributed by atoms with Crippen molar-refractivity contribution in [1.82, 2.24) is 4.90 Å². The van der Waals surface area contributed by atoms with Gasteiger partial charge >= 0.3 is 0 Å². The fraction of sp³-hybridized carbons (Fsp3) is 0.417. The van der Waals surface area contributed by atoms with Gasteiger partial charge in [0.05, 0.1) is 0 Å². The van der Waals surface area contributed by atoms with E-state index in [1.165, 1.54) is 0 Å². The summed E-state index contributed by atoms with van der Waals surface area (Å²) in [6.07, 6.45) is 0. The van der Waals surface area contributed by atoms with Crippen molar-refractivity contribution in [2.24, 2.45) is 0 Å². The molecule has 0 saturated carbocycles. The van der Waals surface area contributed by atoms with E-state index in [9.17, 15) is 4.79 Å². The van der Waals surface area contributed by atoms with Crippen molar-refractivity contribution >= 4 is 11.6 Å². The van der Waals surface area contributed by atoms with Gasteiger partial charge in [-0.05, 0) is 44.0 Å². The number of aryl methyl sites for hydroxylation is 1. The monoisotopic (exact) mass is 204 g/mol. The molecule has 1 aromatic rings. The van der Waals surface area contributed by atoms with Gasteiger partial charge < -0.3 is 10.6 Å². The molecule has 3 heteroatoms. The minimum Gasteiger partial charge on any atom is -0.399 e. The number of nitrogens with zero attached hydrogens (tertiary/aromatic N) is 1. The Morgan fingerprint density at radius 3 is 2.67 bits per heavy atom. The number of carbonyl (C=O) groups is 1. The summed E-state index contributed by atoms with van der Waals surface area (Å²) in [5, 5.41) is 0. The van der Waals surface area contributed by atoms with E-state index in [0.717, 1.165) is 22.4 Å². The van der Waals surface area contributed by atoms with Gasteiger partial charge in [-0.3, -0.25) is 4.79 Å². The Hall–Kier alpha value is -1.51. The summed E-state index contributed by atoms with van der Waals surface area (Å²) in [7, 11) is 0. The maximum Gasteiger partial charge on any atom is 0.255 e. The van der Waals surface area contributed by atoms with Crippen molar-refractivity contribution in [2.75, 3.05) is 5.73 Å². The number of fused-ring (bicyclic) bond motifs is 1. The highest BCUT2D eigenvalue weighted by Gasteiger charge is 2.30. The molecule has 80 valence electrons. The Morgan fingerprint density at radius 2 is 2.07 bits per heavy atom. The smallest absolute Gasteiger partial charge is 0.255 e. The summed E-state index contributed by atoms with van der Waals surface area (Å²) >= 11 is 0. The Kier molecular flexibility index (Phi) is 2.18. The standard InChI is InChI=1S/C12H16N2O/c1-7(2)14-6-9-5-10(13)4-8(3)11(9)12(14)15/h4-5,7H,6,13H2,1-3H3. The number of rotatable bonds is 1. The highest BCUT2D eigenvalue weighted by atomic mass is 16.2. The second-order valence-corrected chi connectivity index (χ2v) is 4.40. The van der Waals surface area contributed by atoms with Gasteiger partial charge in [-0.25, -0.2) is 0 Å². The molecule has 0 fully saturated rings. The molecule has 0 aromatic heterocycles. The molecular formula is C12H16N2O. The first-order valence-electron chi connectivity index (χ1n) is 5.20. The summed E-state index contributed by atoms with van der Waals surface area (Å²) in [6, 6.07) is 4.01. The van der Waals surface area contributed by atoms with Gasteiger partial charge in [0.1, 0.15) is 0 Å². The minimum absolute atomic E-state index is 0.137. The van der Waals surface area contributed by atoms with E-state index in [4.69, 9.17) is 5.73 Å². The van der Waals surface area contributed by atoms with Gasteiger partial charge in [0.15, 0.2) is 0 Å². The van der Waals surface area contributed by atoms with Crippen molar-refractivity contribution < 1.29 is 4.79 Å². The van der Waals surface area contributed by atoms with Crippen LogP contribution in [0.1, 0.15) is 35.3 Å². The zero-order chi connectivity index (χ0) is 11.2. The fourth-order valence-electron chi connectivity index (χ4n) is 2.14. The fourth-order valence-corrected chi connectivity index (χ4v) is 2.14. The van der Waals surface area contributed by atoms with Crippen LogP contribution in [0, 0.1) is 6.92 Å². The van der Waals surface area contributed by atoms with Gasteiger partial charge in [-0.1, -0.05) is 0 Å². The number of amides is 1. The van der Waals surface area contributed by atoms with Crippen LogP contribution < -0.4 is 5.73 Å². The lowest BCUT2D eigenvalue weighted by Gasteiger charge is -2.19. The second kappa shape index (κ2) is 3.26. The lowest BCUT2D eigenvalue weighted by atomic mass is 10.0. The molecule has 0 spiro atoms. The third-order valence-electron chi connectivity index (χ3n) is 2.88. The van der Waals surface area contributed by atoms with Gasteiger partial charge in [-0.2, -0.15) is 0 Å². The van der Waals surface area contributed by atoms with Crippen LogP contribution in [-0.2, 0) is 6.54 Å². The molecular weight excluding hydrogens is 188 g/mol. The molecule has 1 aliphatic rings. The van der Waals surface area contributed by atoms with Crippen molar-refractivity contribution in [1.29, 1.82) is 0 Å². The molecule has 2 rings (SSSR count). The van der Waals surface area contributed by atoms with E-state index in [1.54, 1.807) is 0 Å². The molecule has 1 heterocycles. The predicted octanol–water partition coefficient (Wildman–Crippen LogP) is 1.94. The molecule has 0 aliphatic carbocycles. The Morgan fingerprint density at radius 1 is 1.40 bits per heavy atom. The first-order chi connectivity index (χ1) is 7.00. The van der Waals surface area contributed by atoms with Crippen molar-refractivity contribution in [2.45, 2.75) is 33.4 Å². The summed E-state index contributed by atoms with van der Waals surface area (Å²) in [5.41, 5.74) is 9.40. The van der Waals surface area contributed by atoms with Crippen molar-refractivity contribution in [3.8, 4) is 0 Å². The van der Waals surface area contributed by atoms with Crippen LogP contribution in [0.5, 0.6) is 0 Å². The lowest BCUT2D eigenvalue weighted by molar-refractivity contribution is 0.0730. The third kappa shape index (κ3) is 1.48. The zero-order valence-corrected chi connectivity index (χ0v) is 9.37. The average Bonchev–Trinajstić information content (AvgIpc) is 2.42. The Balaban J connectivity index is 2.50. The van der Waals surface area contributed by atoms with Crippen molar-refractivity contribution in [3.05, 3.63) is 28.8 Å². The van der Waals surface area contributed by atoms with E-state index in [2.05, 4.69) is 0 Å². The van der Waals surface area contributed by atoms with Crippen LogP contribution in [0.15, 0.2) is 12.1 Å². The molecule has 15 heavy (non-hydrogen) atoms. The lowest BCUT2D eigenvalue weighted by Crippen LogP contribution is -2.30. The molecule has 2 N–H and O–H groups in total. The molecule has 1 aromatic carbocycles. The number of nitrogens with two attached hydrogens (primary N) is 1. The van der Waals surface area contributed by atoms with E-state index < -0.39 is 0 Å². The van der Waals surface area contributed by atoms with E-state index >= 15 is 0 Å². The Labute approximate surface area is 89.9 Å². The SMILES string of the molecule is Cc1cc(N)cc2c1C(=O)N(C(C)C)C2. The second-order valence-electron chi connectivity index (χ2n) is 4.40. The van der Waals surface area contributed by atoms with Gasteiger partial charge in [0.2, 0.25) is 0 Å². The number of hydrogen-bond acceptors (Lipinski definition) is 2. The average molecular weight is 204 g/mol. The van der Waals surface area contributed by atoms with E-state index in [0.29, 0.717) is 6.54 Å². The summed E-state index contributed by atoms with van der Waals surface area (Å²) in [5.74, 6) is 0.137. The Bertz CT molecular complexity index is 424. The van der Waals surface area contributed by atoms with Gasteiger partial charge in [0.25, 0.3) is 5.91 Å². The highest BCUT2D eigenvalue weighted by molar-refractivity contribution is 6.00. The van der Waals surface area contributed by atoms with Crippen LogP contribution in [0.25, 0.3) is 0 Å². The molecule has 0 radical (unpaired) electrons. The zero-order valence-electron chi connectivity index (χ0n) is 9.37. The first kappa shape index (κ1) is 10.0. The topological polar surface area (TPSA) is 46.3 Å². The maximum atomic E-state index is 12.1. The quantitative estimate of drug-likeness (QED) is 0.710. The van der Waals surface area contributed by atoms with E-state index in [-0.39, 0.29) is 11.9 Å². The first-order valence-corrected chi connectivity index (χ1v) is 5.20. The van der Waals surface area contributed by atoms with Crippen LogP contribution in [0.4, 0.5) is 5.69 Å². The highest BCUT2D eigenvalue weighted by Crippen LogP contribution is 2.29. The predicted molar refractivity (Wildman–Crippen MR) is 60.6 cm³/mol. The molecule has 1 amide bonds. The molecule has 3 nitrogen and oxygen atoms in total. The number of hydrogen-bond donors (Lipinski definition) is 1. The molecule has 0 atom stereocenters. The van der Waals surface area contributed by atoms with Crippen molar-refractivity contribution in [3.63, 3.8) is 0 Å². The van der Waals surface area contributed by atoms with Crippen LogP contribution >= 0.6 is 0 Å².